The summed E-state index contributed by atoms with van der Waals surface area (Å²) in [6.07, 6.45) is -1.12. The second-order valence-corrected chi connectivity index (χ2v) is 3.61. The maximum Gasteiger partial charge on any atom is 0.294 e. The Kier molecular flexibility index (Phi) is 4.62. The first-order valence-electron chi connectivity index (χ1n) is 4.62. The molecular weight excluding hydrogens is 255 g/mol. The molecule has 17 heavy (non-hydrogen) atoms. The van der Waals surface area contributed by atoms with Gasteiger partial charge in [-0.05, 0) is 6.07 Å². The lowest BCUT2D eigenvalue weighted by Crippen LogP contribution is -2.23. The Balaban J connectivity index is 3.02. The quantitative estimate of drug-likeness (QED) is 0.548. The molecule has 0 amide bonds. The van der Waals surface area contributed by atoms with Crippen LogP contribution >= 0.6 is 11.6 Å². The van der Waals surface area contributed by atoms with Crippen molar-refractivity contribution < 1.29 is 19.5 Å². The van der Waals surface area contributed by atoms with E-state index in [1.807, 2.05) is 0 Å². The van der Waals surface area contributed by atoms with Gasteiger partial charge in [0.05, 0.1) is 17.6 Å². The summed E-state index contributed by atoms with van der Waals surface area (Å²) >= 11 is 5.58. The van der Waals surface area contributed by atoms with Crippen molar-refractivity contribution in [1.29, 1.82) is 0 Å². The van der Waals surface area contributed by atoms with E-state index >= 15 is 0 Å². The molecule has 0 aliphatic carbocycles. The molecule has 1 aromatic carbocycles. The monoisotopic (exact) mass is 264 g/mol. The molecule has 1 unspecified atom stereocenters. The normalized spacial score (nSPS) is 12.2. The zero-order valence-corrected chi connectivity index (χ0v) is 9.32. The number of nitro groups is 1. The van der Waals surface area contributed by atoms with Crippen molar-refractivity contribution in [3.8, 4) is 0 Å². The van der Waals surface area contributed by atoms with Crippen LogP contribution in [0.3, 0.4) is 0 Å². The van der Waals surface area contributed by atoms with Crippen molar-refractivity contribution in [2.45, 2.75) is 6.10 Å². The fourth-order valence-electron chi connectivity index (χ4n) is 1.15. The van der Waals surface area contributed by atoms with Crippen LogP contribution in [0.4, 0.5) is 15.8 Å². The molecule has 0 spiro atoms. The number of hydrogen-bond donors (Lipinski definition) is 3. The van der Waals surface area contributed by atoms with Gasteiger partial charge in [-0.25, -0.2) is 4.39 Å². The Bertz CT molecular complexity index is 430. The zero-order chi connectivity index (χ0) is 13.0. The molecule has 94 valence electrons. The van der Waals surface area contributed by atoms with Gasteiger partial charge in [-0.15, -0.1) is 0 Å². The maximum atomic E-state index is 13.1. The molecule has 0 saturated carbocycles. The van der Waals surface area contributed by atoms with Crippen LogP contribution in [0.5, 0.6) is 0 Å². The predicted molar refractivity (Wildman–Crippen MR) is 59.6 cm³/mol. The van der Waals surface area contributed by atoms with Crippen molar-refractivity contribution in [1.82, 2.24) is 0 Å². The lowest BCUT2D eigenvalue weighted by Gasteiger charge is -2.12. The van der Waals surface area contributed by atoms with E-state index in [-0.39, 0.29) is 12.2 Å². The number of aliphatic hydroxyl groups excluding tert-OH is 2. The standard InChI is InChI=1S/C9H10ClFN2O4/c10-8-6(11)1-2-7(13(16)17)9(8)12-3-5(15)4-14/h1-2,5,12,14-15H,3-4H2. The lowest BCUT2D eigenvalue weighted by molar-refractivity contribution is -0.384. The van der Waals surface area contributed by atoms with Crippen LogP contribution in [0.15, 0.2) is 12.1 Å². The molecule has 0 aromatic heterocycles. The van der Waals surface area contributed by atoms with Gasteiger partial charge < -0.3 is 15.5 Å². The van der Waals surface area contributed by atoms with Crippen LogP contribution < -0.4 is 5.32 Å². The molecule has 0 radical (unpaired) electrons. The van der Waals surface area contributed by atoms with E-state index in [1.54, 1.807) is 0 Å². The summed E-state index contributed by atoms with van der Waals surface area (Å²) in [6.45, 7) is -0.700. The third-order valence-corrected chi connectivity index (χ3v) is 2.36. The van der Waals surface area contributed by atoms with Gasteiger partial charge in [-0.2, -0.15) is 0 Å². The molecule has 0 saturated heterocycles. The topological polar surface area (TPSA) is 95.6 Å². The van der Waals surface area contributed by atoms with Crippen LogP contribution in [-0.2, 0) is 0 Å². The Morgan fingerprint density at radius 3 is 2.76 bits per heavy atom. The molecule has 0 heterocycles. The van der Waals surface area contributed by atoms with E-state index in [4.69, 9.17) is 21.8 Å². The van der Waals surface area contributed by atoms with Crippen LogP contribution in [0.2, 0.25) is 5.02 Å². The number of halogens is 2. The van der Waals surface area contributed by atoms with Gasteiger partial charge in [0, 0.05) is 12.6 Å². The number of nitrogens with zero attached hydrogens (tertiary/aromatic N) is 1. The number of nitrogens with one attached hydrogen (secondary N) is 1. The third kappa shape index (κ3) is 3.26. The van der Waals surface area contributed by atoms with Gasteiger partial charge in [0.15, 0.2) is 0 Å². The van der Waals surface area contributed by atoms with Crippen LogP contribution in [-0.4, -0.2) is 34.4 Å². The molecular formula is C9H10ClFN2O4. The van der Waals surface area contributed by atoms with Crippen LogP contribution in [0, 0.1) is 15.9 Å². The second-order valence-electron chi connectivity index (χ2n) is 3.23. The summed E-state index contributed by atoms with van der Waals surface area (Å²) in [5.74, 6) is -0.807. The highest BCUT2D eigenvalue weighted by Gasteiger charge is 2.20. The first kappa shape index (κ1) is 13.6. The summed E-state index contributed by atoms with van der Waals surface area (Å²) < 4.78 is 13.1. The highest BCUT2D eigenvalue weighted by Crippen LogP contribution is 2.34. The summed E-state index contributed by atoms with van der Waals surface area (Å²) in [5, 5.41) is 30.4. The molecule has 1 atom stereocenters. The number of anilines is 1. The second kappa shape index (κ2) is 5.76. The third-order valence-electron chi connectivity index (χ3n) is 1.99. The largest absolute Gasteiger partial charge is 0.394 e. The Morgan fingerprint density at radius 1 is 1.59 bits per heavy atom. The Hall–Kier alpha value is -1.44. The molecule has 0 aliphatic rings. The Morgan fingerprint density at radius 2 is 2.24 bits per heavy atom. The van der Waals surface area contributed by atoms with Crippen molar-refractivity contribution in [2.75, 3.05) is 18.5 Å². The summed E-state index contributed by atoms with van der Waals surface area (Å²) in [7, 11) is 0. The van der Waals surface area contributed by atoms with Crippen LogP contribution in [0.25, 0.3) is 0 Å². The van der Waals surface area contributed by atoms with Gasteiger partial charge in [0.25, 0.3) is 5.69 Å². The number of nitro benzene ring substituents is 1. The van der Waals surface area contributed by atoms with Gasteiger partial charge >= 0.3 is 0 Å². The predicted octanol–water partition coefficient (Wildman–Crippen LogP) is 1.15. The number of benzene rings is 1. The molecule has 1 aromatic rings. The molecule has 1 rings (SSSR count). The average Bonchev–Trinajstić information content (AvgIpc) is 2.30. The summed E-state index contributed by atoms with van der Waals surface area (Å²) in [4.78, 5) is 9.95. The average molecular weight is 265 g/mol. The maximum absolute atomic E-state index is 13.1. The fraction of sp³-hybridized carbons (Fsp3) is 0.333. The lowest BCUT2D eigenvalue weighted by atomic mass is 10.2. The van der Waals surface area contributed by atoms with Crippen molar-refractivity contribution in [2.24, 2.45) is 0 Å². The fourth-order valence-corrected chi connectivity index (χ4v) is 1.37. The van der Waals surface area contributed by atoms with Crippen molar-refractivity contribution in [3.05, 3.63) is 33.1 Å². The SMILES string of the molecule is O=[N+]([O-])c1ccc(F)c(Cl)c1NCC(O)CO. The number of rotatable bonds is 5. The molecule has 0 fully saturated rings. The van der Waals surface area contributed by atoms with Crippen molar-refractivity contribution >= 4 is 23.0 Å². The van der Waals surface area contributed by atoms with E-state index in [2.05, 4.69) is 5.32 Å². The van der Waals surface area contributed by atoms with Crippen molar-refractivity contribution in [3.63, 3.8) is 0 Å². The Labute approximate surface area is 101 Å². The van der Waals surface area contributed by atoms with Gasteiger partial charge in [-0.3, -0.25) is 10.1 Å². The smallest absolute Gasteiger partial charge is 0.294 e. The molecule has 6 nitrogen and oxygen atoms in total. The van der Waals surface area contributed by atoms with E-state index in [9.17, 15) is 14.5 Å². The minimum absolute atomic E-state index is 0.180. The number of aliphatic hydroxyl groups is 2. The van der Waals surface area contributed by atoms with Gasteiger partial charge in [0.2, 0.25) is 0 Å². The van der Waals surface area contributed by atoms with E-state index in [0.29, 0.717) is 0 Å². The van der Waals surface area contributed by atoms with Crippen LogP contribution in [0.1, 0.15) is 0 Å². The zero-order valence-electron chi connectivity index (χ0n) is 8.56. The molecule has 3 N–H and O–H groups in total. The highest BCUT2D eigenvalue weighted by molar-refractivity contribution is 6.33. The minimum atomic E-state index is -1.12. The first-order valence-corrected chi connectivity index (χ1v) is 5.00. The summed E-state index contributed by atoms with van der Waals surface area (Å²) in [5.41, 5.74) is -0.620. The molecule has 8 heteroatoms. The summed E-state index contributed by atoms with van der Waals surface area (Å²) in [6, 6.07) is 1.85. The van der Waals surface area contributed by atoms with E-state index < -0.39 is 34.2 Å². The molecule has 0 aliphatic heterocycles. The highest BCUT2D eigenvalue weighted by atomic mass is 35.5. The molecule has 0 bridgehead atoms. The first-order chi connectivity index (χ1) is 7.97. The van der Waals surface area contributed by atoms with Gasteiger partial charge in [-0.1, -0.05) is 11.6 Å². The van der Waals surface area contributed by atoms with Gasteiger partial charge in [0.1, 0.15) is 16.5 Å². The minimum Gasteiger partial charge on any atom is -0.394 e. The van der Waals surface area contributed by atoms with E-state index in [1.165, 1.54) is 0 Å². The number of hydrogen-bond acceptors (Lipinski definition) is 5. The van der Waals surface area contributed by atoms with E-state index in [0.717, 1.165) is 12.1 Å².